The van der Waals surface area contributed by atoms with Gasteiger partial charge in [-0.05, 0) is 50.5 Å². The Balaban J connectivity index is 2.03. The molecule has 8 nitrogen and oxygen atoms in total. The third-order valence-electron chi connectivity index (χ3n) is 4.69. The van der Waals surface area contributed by atoms with E-state index in [1.165, 1.54) is 0 Å². The molecule has 0 radical (unpaired) electrons. The highest BCUT2D eigenvalue weighted by molar-refractivity contribution is 6.04. The van der Waals surface area contributed by atoms with E-state index in [1.807, 2.05) is 25.1 Å². The van der Waals surface area contributed by atoms with Gasteiger partial charge in [0.25, 0.3) is 5.91 Å². The van der Waals surface area contributed by atoms with E-state index in [0.717, 1.165) is 0 Å². The SMILES string of the molecule is CN(C)CC[C@@](O)(C#Cc1cccc(-n2nc(C(N)=O)c3cc(C#N)ccc32)c1)C=O. The maximum Gasteiger partial charge on any atom is 0.269 e. The molecule has 3 aromatic rings. The lowest BCUT2D eigenvalue weighted by Gasteiger charge is -2.17. The molecule has 8 heteroatoms. The highest BCUT2D eigenvalue weighted by Gasteiger charge is 2.23. The minimum absolute atomic E-state index is 0.0580. The summed E-state index contributed by atoms with van der Waals surface area (Å²) in [4.78, 5) is 25.1. The number of aldehydes is 1. The predicted molar refractivity (Wildman–Crippen MR) is 115 cm³/mol. The summed E-state index contributed by atoms with van der Waals surface area (Å²) >= 11 is 0. The number of aliphatic hydroxyl groups is 1. The van der Waals surface area contributed by atoms with Gasteiger partial charge in [0, 0.05) is 23.9 Å². The van der Waals surface area contributed by atoms with E-state index < -0.39 is 11.5 Å². The first-order valence-corrected chi connectivity index (χ1v) is 9.46. The fraction of sp³-hybridized carbons (Fsp3) is 0.217. The Labute approximate surface area is 179 Å². The highest BCUT2D eigenvalue weighted by Crippen LogP contribution is 2.24. The number of carbonyl (C=O) groups excluding carboxylic acids is 2. The first kappa shape index (κ1) is 21.7. The molecule has 0 fully saturated rings. The van der Waals surface area contributed by atoms with Crippen LogP contribution in [-0.4, -0.2) is 58.2 Å². The number of nitrogens with two attached hydrogens (primary N) is 1. The van der Waals surface area contributed by atoms with Gasteiger partial charge in [0.2, 0.25) is 0 Å². The highest BCUT2D eigenvalue weighted by atomic mass is 16.3. The zero-order valence-electron chi connectivity index (χ0n) is 17.2. The van der Waals surface area contributed by atoms with Crippen molar-refractivity contribution in [3.8, 4) is 23.6 Å². The largest absolute Gasteiger partial charge is 0.371 e. The molecule has 0 aliphatic carbocycles. The zero-order valence-corrected chi connectivity index (χ0v) is 17.2. The van der Waals surface area contributed by atoms with Crippen molar-refractivity contribution in [3.05, 3.63) is 59.3 Å². The van der Waals surface area contributed by atoms with E-state index in [0.29, 0.717) is 40.5 Å². The van der Waals surface area contributed by atoms with Crippen LogP contribution in [0.2, 0.25) is 0 Å². The topological polar surface area (TPSA) is 125 Å². The Hall–Kier alpha value is -3.98. The van der Waals surface area contributed by atoms with Crippen LogP contribution in [0, 0.1) is 23.2 Å². The fourth-order valence-corrected chi connectivity index (χ4v) is 3.01. The number of aromatic nitrogens is 2. The van der Waals surface area contributed by atoms with Crippen LogP contribution in [0.3, 0.4) is 0 Å². The summed E-state index contributed by atoms with van der Waals surface area (Å²) in [7, 11) is 3.69. The fourth-order valence-electron chi connectivity index (χ4n) is 3.01. The van der Waals surface area contributed by atoms with Crippen molar-refractivity contribution < 1.29 is 14.7 Å². The van der Waals surface area contributed by atoms with Gasteiger partial charge in [-0.15, -0.1) is 0 Å². The maximum absolute atomic E-state index is 11.9. The van der Waals surface area contributed by atoms with Gasteiger partial charge >= 0.3 is 0 Å². The van der Waals surface area contributed by atoms with Crippen LogP contribution in [0.25, 0.3) is 16.6 Å². The Morgan fingerprint density at radius 2 is 2.06 bits per heavy atom. The molecular formula is C23H21N5O3. The first-order chi connectivity index (χ1) is 14.8. The van der Waals surface area contributed by atoms with Crippen molar-refractivity contribution in [2.75, 3.05) is 20.6 Å². The molecule has 3 N–H and O–H groups in total. The number of hydrogen-bond donors (Lipinski definition) is 2. The van der Waals surface area contributed by atoms with E-state index in [9.17, 15) is 14.7 Å². The summed E-state index contributed by atoms with van der Waals surface area (Å²) in [5.41, 5.74) is 5.94. The number of amides is 1. The summed E-state index contributed by atoms with van der Waals surface area (Å²) in [6, 6.07) is 13.9. The quantitative estimate of drug-likeness (QED) is 0.461. The summed E-state index contributed by atoms with van der Waals surface area (Å²) in [6.45, 7) is 0.504. The molecule has 0 aliphatic rings. The Bertz CT molecular complexity index is 1260. The second-order valence-electron chi connectivity index (χ2n) is 7.36. The van der Waals surface area contributed by atoms with E-state index in [-0.39, 0.29) is 12.1 Å². The Morgan fingerprint density at radius 1 is 1.29 bits per heavy atom. The van der Waals surface area contributed by atoms with Crippen molar-refractivity contribution in [2.45, 2.75) is 12.0 Å². The second-order valence-corrected chi connectivity index (χ2v) is 7.36. The minimum Gasteiger partial charge on any atom is -0.371 e. The van der Waals surface area contributed by atoms with Gasteiger partial charge in [-0.3, -0.25) is 9.59 Å². The van der Waals surface area contributed by atoms with E-state index in [1.54, 1.807) is 47.1 Å². The molecule has 2 aromatic carbocycles. The molecule has 0 saturated heterocycles. The van der Waals surface area contributed by atoms with Gasteiger partial charge in [-0.1, -0.05) is 17.9 Å². The van der Waals surface area contributed by atoms with Gasteiger partial charge in [0.15, 0.2) is 17.6 Å². The number of nitriles is 1. The number of primary amides is 1. The number of carbonyl (C=O) groups is 2. The number of fused-ring (bicyclic) bond motifs is 1. The van der Waals surface area contributed by atoms with Gasteiger partial charge < -0.3 is 15.7 Å². The number of nitrogens with zero attached hydrogens (tertiary/aromatic N) is 4. The average Bonchev–Trinajstić information content (AvgIpc) is 3.15. The molecule has 0 aliphatic heterocycles. The van der Waals surface area contributed by atoms with Crippen LogP contribution in [0.4, 0.5) is 0 Å². The lowest BCUT2D eigenvalue weighted by atomic mass is 10.0. The molecule has 156 valence electrons. The normalized spacial score (nSPS) is 12.6. The molecule has 31 heavy (non-hydrogen) atoms. The van der Waals surface area contributed by atoms with Gasteiger partial charge in [-0.25, -0.2) is 4.68 Å². The van der Waals surface area contributed by atoms with Crippen LogP contribution < -0.4 is 5.73 Å². The zero-order chi connectivity index (χ0) is 22.6. The van der Waals surface area contributed by atoms with E-state index in [2.05, 4.69) is 16.9 Å². The molecular weight excluding hydrogens is 394 g/mol. The Morgan fingerprint density at radius 3 is 2.71 bits per heavy atom. The van der Waals surface area contributed by atoms with Crippen LogP contribution in [0.1, 0.15) is 28.0 Å². The molecule has 1 amide bonds. The monoisotopic (exact) mass is 415 g/mol. The van der Waals surface area contributed by atoms with Gasteiger partial charge in [0.1, 0.15) is 0 Å². The van der Waals surface area contributed by atoms with Crippen molar-refractivity contribution in [1.29, 1.82) is 5.26 Å². The maximum atomic E-state index is 11.9. The van der Waals surface area contributed by atoms with Crippen molar-refractivity contribution in [3.63, 3.8) is 0 Å². The molecule has 1 aromatic heterocycles. The van der Waals surface area contributed by atoms with Crippen LogP contribution in [-0.2, 0) is 4.79 Å². The minimum atomic E-state index is -1.74. The molecule has 0 spiro atoms. The standard InChI is InChI=1S/C23H21N5O3/c1-27(2)11-10-23(31,15-29)9-8-16-4-3-5-18(12-16)28-20-7-6-17(14-24)13-19(20)21(26-28)22(25)30/h3-7,12-13,15,31H,10-11H2,1-2H3,(H2,25,30)/t23-/m0/s1. The molecule has 3 rings (SSSR count). The van der Waals surface area contributed by atoms with E-state index in [4.69, 9.17) is 11.0 Å². The number of benzene rings is 2. The average molecular weight is 415 g/mol. The second kappa shape index (κ2) is 8.80. The third kappa shape index (κ3) is 4.78. The van der Waals surface area contributed by atoms with Crippen LogP contribution >= 0.6 is 0 Å². The third-order valence-corrected chi connectivity index (χ3v) is 4.69. The van der Waals surface area contributed by atoms with Crippen molar-refractivity contribution in [1.82, 2.24) is 14.7 Å². The number of hydrogen-bond acceptors (Lipinski definition) is 6. The summed E-state index contributed by atoms with van der Waals surface area (Å²) in [5.74, 6) is 4.78. The first-order valence-electron chi connectivity index (χ1n) is 9.46. The molecule has 1 atom stereocenters. The van der Waals surface area contributed by atoms with Crippen molar-refractivity contribution in [2.24, 2.45) is 5.73 Å². The number of rotatable bonds is 6. The predicted octanol–water partition coefficient (Wildman–Crippen LogP) is 1.23. The van der Waals surface area contributed by atoms with Crippen LogP contribution in [0.5, 0.6) is 0 Å². The summed E-state index contributed by atoms with van der Waals surface area (Å²) in [5, 5.41) is 24.3. The molecule has 0 saturated carbocycles. The van der Waals surface area contributed by atoms with E-state index >= 15 is 0 Å². The Kier molecular flexibility index (Phi) is 6.17. The molecule has 0 unspecified atom stereocenters. The van der Waals surface area contributed by atoms with Gasteiger partial charge in [0.05, 0.1) is 22.8 Å². The lowest BCUT2D eigenvalue weighted by Crippen LogP contribution is -2.33. The lowest BCUT2D eigenvalue weighted by molar-refractivity contribution is -0.119. The van der Waals surface area contributed by atoms with Crippen molar-refractivity contribution >= 4 is 23.1 Å². The smallest absolute Gasteiger partial charge is 0.269 e. The summed E-state index contributed by atoms with van der Waals surface area (Å²) in [6.07, 6.45) is 0.628. The summed E-state index contributed by atoms with van der Waals surface area (Å²) < 4.78 is 1.54. The molecule has 1 heterocycles. The molecule has 0 bridgehead atoms. The van der Waals surface area contributed by atoms with Gasteiger partial charge in [-0.2, -0.15) is 10.4 Å². The van der Waals surface area contributed by atoms with Crippen LogP contribution in [0.15, 0.2) is 42.5 Å².